The molecular weight excluding hydrogens is 547 g/mol. The summed E-state index contributed by atoms with van der Waals surface area (Å²) in [6, 6.07) is 14.5. The normalized spacial score (nSPS) is 13.6. The fraction of sp³-hybridized carbons (Fsp3) is 0.333. The number of nitrogens with one attached hydrogen (secondary N) is 2. The van der Waals surface area contributed by atoms with Gasteiger partial charge in [-0.3, -0.25) is 4.79 Å². The zero-order chi connectivity index (χ0) is 29.1. The van der Waals surface area contributed by atoms with E-state index in [0.717, 1.165) is 46.3 Å². The molecule has 11 heteroatoms. The van der Waals surface area contributed by atoms with E-state index in [2.05, 4.69) is 15.3 Å². The largest absolute Gasteiger partial charge is 0.491 e. The number of ether oxygens (including phenoxy) is 2. The molecule has 5 rings (SSSR count). The van der Waals surface area contributed by atoms with Crippen molar-refractivity contribution < 1.29 is 27.1 Å². The number of rotatable bonds is 9. The molecule has 216 valence electrons. The van der Waals surface area contributed by atoms with E-state index < -0.39 is 20.5 Å². The summed E-state index contributed by atoms with van der Waals surface area (Å²) in [4.78, 5) is 22.8. The maximum atomic E-state index is 15.1. The molecule has 1 aliphatic heterocycles. The Balaban J connectivity index is 1.40. The molecule has 1 aliphatic rings. The van der Waals surface area contributed by atoms with Crippen LogP contribution in [0.25, 0.3) is 22.2 Å². The number of benzene rings is 3. The summed E-state index contributed by atoms with van der Waals surface area (Å²) in [5.41, 5.74) is 4.81. The van der Waals surface area contributed by atoms with E-state index in [-0.39, 0.29) is 36.6 Å². The fourth-order valence-corrected chi connectivity index (χ4v) is 5.82. The molecule has 0 fully saturated rings. The van der Waals surface area contributed by atoms with Gasteiger partial charge in [-0.2, -0.15) is 0 Å². The molecule has 0 bridgehead atoms. The highest BCUT2D eigenvalue weighted by molar-refractivity contribution is 7.90. The minimum absolute atomic E-state index is 0.0955. The van der Waals surface area contributed by atoms with Crippen molar-refractivity contribution in [3.05, 3.63) is 76.9 Å². The van der Waals surface area contributed by atoms with Gasteiger partial charge in [-0.05, 0) is 53.9 Å². The Bertz CT molecular complexity index is 1700. The average molecular weight is 581 g/mol. The summed E-state index contributed by atoms with van der Waals surface area (Å²) < 4.78 is 50.2. The number of H-pyrrole nitrogens is 1. The Kier molecular flexibility index (Phi) is 8.39. The molecule has 2 heterocycles. The molecular formula is C30H33FN4O5S. The molecule has 1 aromatic heterocycles. The Morgan fingerprint density at radius 3 is 2.71 bits per heavy atom. The van der Waals surface area contributed by atoms with Gasteiger partial charge in [0.1, 0.15) is 28.9 Å². The summed E-state index contributed by atoms with van der Waals surface area (Å²) >= 11 is 0. The van der Waals surface area contributed by atoms with Crippen molar-refractivity contribution in [3.8, 4) is 16.9 Å². The number of halogens is 1. The van der Waals surface area contributed by atoms with Crippen molar-refractivity contribution in [1.29, 1.82) is 0 Å². The smallest absolute Gasteiger partial charge is 0.254 e. The second-order valence-corrected chi connectivity index (χ2v) is 12.0. The first kappa shape index (κ1) is 28.7. The zero-order valence-electron chi connectivity index (χ0n) is 23.3. The number of nitrogens with zero attached hydrogens (tertiary/aromatic N) is 2. The van der Waals surface area contributed by atoms with Crippen LogP contribution in [-0.4, -0.2) is 68.9 Å². The standard InChI is InChI=1S/C30H33FN4O5S/c1-4-22-23(7-10-27(29(22)31)41(3,37)38)30(36)35-12-14-40-26-9-6-19(15-21(26)18-35)20-5-8-24-25(16-20)34-28(33-24)17-32-11-13-39-2/h5-10,15-16,32H,4,11-14,17-18H2,1-3H3,(H,33,34). The van der Waals surface area contributed by atoms with E-state index >= 15 is 4.39 Å². The van der Waals surface area contributed by atoms with Crippen LogP contribution in [0.15, 0.2) is 53.4 Å². The monoisotopic (exact) mass is 580 g/mol. The molecule has 0 aliphatic carbocycles. The lowest BCUT2D eigenvalue weighted by Gasteiger charge is -2.22. The topological polar surface area (TPSA) is 114 Å². The van der Waals surface area contributed by atoms with Crippen LogP contribution in [-0.2, 0) is 34.1 Å². The number of hydrogen-bond donors (Lipinski definition) is 2. The average Bonchev–Trinajstić information content (AvgIpc) is 3.23. The van der Waals surface area contributed by atoms with Gasteiger partial charge < -0.3 is 24.7 Å². The summed E-state index contributed by atoms with van der Waals surface area (Å²) in [7, 11) is -2.10. The molecule has 41 heavy (non-hydrogen) atoms. The van der Waals surface area contributed by atoms with Crippen molar-refractivity contribution in [2.75, 3.05) is 39.7 Å². The van der Waals surface area contributed by atoms with Gasteiger partial charge in [0, 0.05) is 43.1 Å². The lowest BCUT2D eigenvalue weighted by Crippen LogP contribution is -2.33. The van der Waals surface area contributed by atoms with Gasteiger partial charge >= 0.3 is 0 Å². The van der Waals surface area contributed by atoms with E-state index in [1.807, 2.05) is 36.4 Å². The second kappa shape index (κ2) is 12.0. The Hall–Kier alpha value is -3.80. The first-order valence-corrected chi connectivity index (χ1v) is 15.3. The van der Waals surface area contributed by atoms with E-state index in [1.54, 1.807) is 18.9 Å². The number of amides is 1. The number of aromatic nitrogens is 2. The molecule has 0 saturated heterocycles. The first-order valence-electron chi connectivity index (χ1n) is 13.4. The lowest BCUT2D eigenvalue weighted by molar-refractivity contribution is 0.0731. The van der Waals surface area contributed by atoms with Gasteiger partial charge in [-0.1, -0.05) is 19.1 Å². The fourth-order valence-electron chi connectivity index (χ4n) is 5.06. The number of fused-ring (bicyclic) bond motifs is 2. The predicted octanol–water partition coefficient (Wildman–Crippen LogP) is 4.11. The van der Waals surface area contributed by atoms with Crippen LogP contribution < -0.4 is 10.1 Å². The van der Waals surface area contributed by atoms with Crippen LogP contribution in [0.1, 0.15) is 34.2 Å². The zero-order valence-corrected chi connectivity index (χ0v) is 24.1. The Morgan fingerprint density at radius 1 is 1.17 bits per heavy atom. The molecule has 0 saturated carbocycles. The van der Waals surface area contributed by atoms with Crippen molar-refractivity contribution in [3.63, 3.8) is 0 Å². The summed E-state index contributed by atoms with van der Waals surface area (Å²) in [5, 5.41) is 3.28. The highest BCUT2D eigenvalue weighted by Gasteiger charge is 2.27. The molecule has 3 aromatic carbocycles. The molecule has 0 radical (unpaired) electrons. The maximum absolute atomic E-state index is 15.1. The summed E-state index contributed by atoms with van der Waals surface area (Å²) in [5.74, 6) is 0.293. The van der Waals surface area contributed by atoms with Crippen molar-refractivity contribution in [2.24, 2.45) is 0 Å². The lowest BCUT2D eigenvalue weighted by atomic mass is 10.0. The number of methoxy groups -OCH3 is 1. The summed E-state index contributed by atoms with van der Waals surface area (Å²) in [6.07, 6.45) is 1.14. The van der Waals surface area contributed by atoms with Crippen LogP contribution >= 0.6 is 0 Å². The predicted molar refractivity (Wildman–Crippen MR) is 154 cm³/mol. The third-order valence-electron chi connectivity index (χ3n) is 7.16. The molecule has 9 nitrogen and oxygen atoms in total. The van der Waals surface area contributed by atoms with E-state index in [9.17, 15) is 13.2 Å². The van der Waals surface area contributed by atoms with Crippen molar-refractivity contribution in [2.45, 2.75) is 31.3 Å². The minimum Gasteiger partial charge on any atom is -0.491 e. The highest BCUT2D eigenvalue weighted by atomic mass is 32.2. The van der Waals surface area contributed by atoms with Gasteiger partial charge in [-0.25, -0.2) is 17.8 Å². The van der Waals surface area contributed by atoms with Crippen molar-refractivity contribution in [1.82, 2.24) is 20.2 Å². The molecule has 0 spiro atoms. The second-order valence-electron chi connectivity index (χ2n) is 10.0. The highest BCUT2D eigenvalue weighted by Crippen LogP contribution is 2.32. The number of carbonyl (C=O) groups excluding carboxylic acids is 1. The number of carbonyl (C=O) groups is 1. The number of hydrogen-bond acceptors (Lipinski definition) is 7. The molecule has 2 N–H and O–H groups in total. The maximum Gasteiger partial charge on any atom is 0.254 e. The van der Waals surface area contributed by atoms with Crippen LogP contribution in [0, 0.1) is 5.82 Å². The molecule has 0 unspecified atom stereocenters. The molecule has 4 aromatic rings. The van der Waals surface area contributed by atoms with E-state index in [0.29, 0.717) is 25.4 Å². The van der Waals surface area contributed by atoms with Crippen LogP contribution in [0.2, 0.25) is 0 Å². The van der Waals surface area contributed by atoms with Gasteiger partial charge in [0.05, 0.1) is 30.7 Å². The first-order chi connectivity index (χ1) is 19.7. The minimum atomic E-state index is -3.76. The van der Waals surface area contributed by atoms with Gasteiger partial charge in [0.15, 0.2) is 9.84 Å². The van der Waals surface area contributed by atoms with Gasteiger partial charge in [-0.15, -0.1) is 0 Å². The van der Waals surface area contributed by atoms with Gasteiger partial charge in [0.2, 0.25) is 0 Å². The molecule has 0 atom stereocenters. The van der Waals surface area contributed by atoms with Crippen LogP contribution in [0.5, 0.6) is 5.75 Å². The van der Waals surface area contributed by atoms with E-state index in [4.69, 9.17) is 9.47 Å². The third-order valence-corrected chi connectivity index (χ3v) is 8.27. The van der Waals surface area contributed by atoms with Crippen molar-refractivity contribution >= 4 is 26.8 Å². The molecule has 1 amide bonds. The quantitative estimate of drug-likeness (QED) is 0.287. The number of aromatic amines is 1. The van der Waals surface area contributed by atoms with Gasteiger partial charge in [0.25, 0.3) is 5.91 Å². The van der Waals surface area contributed by atoms with Crippen LogP contribution in [0.3, 0.4) is 0 Å². The number of sulfone groups is 1. The van der Waals surface area contributed by atoms with E-state index in [1.165, 1.54) is 12.1 Å². The Morgan fingerprint density at radius 2 is 1.95 bits per heavy atom. The SMILES string of the molecule is CCc1c(C(=O)N2CCOc3ccc(-c4ccc5nc(CNCCOC)[nH]c5c4)cc3C2)ccc(S(C)(=O)=O)c1F. The number of imidazole rings is 1. The third kappa shape index (κ3) is 6.12. The Labute approximate surface area is 238 Å². The summed E-state index contributed by atoms with van der Waals surface area (Å²) in [6.45, 7) is 4.52. The van der Waals surface area contributed by atoms with Crippen LogP contribution in [0.4, 0.5) is 4.39 Å².